The normalized spacial score (nSPS) is 12.2. The van der Waals surface area contributed by atoms with Gasteiger partial charge in [0.15, 0.2) is 17.1 Å². The van der Waals surface area contributed by atoms with Crippen molar-refractivity contribution in [3.05, 3.63) is 69.2 Å². The van der Waals surface area contributed by atoms with E-state index in [0.717, 1.165) is 16.3 Å². The van der Waals surface area contributed by atoms with Crippen LogP contribution in [0.1, 0.15) is 30.0 Å². The third-order valence-corrected chi connectivity index (χ3v) is 5.73. The number of ether oxygens (including phenoxy) is 1. The summed E-state index contributed by atoms with van der Waals surface area (Å²) in [6.07, 6.45) is -0.328. The highest BCUT2D eigenvalue weighted by Gasteiger charge is 2.18. The lowest BCUT2D eigenvalue weighted by Crippen LogP contribution is -2.10. The van der Waals surface area contributed by atoms with E-state index in [0.29, 0.717) is 27.4 Å². The number of hydrogen-bond acceptors (Lipinski definition) is 4. The fourth-order valence-electron chi connectivity index (χ4n) is 2.53. The fraction of sp³-hybridized carbons (Fsp3) is 0.263. The van der Waals surface area contributed by atoms with Crippen molar-refractivity contribution in [1.82, 2.24) is 14.8 Å². The first-order valence-electron chi connectivity index (χ1n) is 8.24. The summed E-state index contributed by atoms with van der Waals surface area (Å²) in [6.45, 7) is 3.87. The van der Waals surface area contributed by atoms with Gasteiger partial charge in [-0.1, -0.05) is 47.1 Å². The largest absolute Gasteiger partial charge is 0.481 e. The molecule has 3 rings (SSSR count). The molecule has 0 N–H and O–H groups in total. The Labute approximate surface area is 171 Å². The lowest BCUT2D eigenvalue weighted by molar-refractivity contribution is 0.211. The molecule has 1 aromatic heterocycles. The summed E-state index contributed by atoms with van der Waals surface area (Å²) < 4.78 is 21.0. The molecule has 0 saturated heterocycles. The molecule has 0 aliphatic heterocycles. The molecular formula is C19H18Cl2FN3OS. The minimum absolute atomic E-state index is 0.328. The smallest absolute Gasteiger partial charge is 0.191 e. The van der Waals surface area contributed by atoms with Crippen LogP contribution in [-0.4, -0.2) is 14.8 Å². The summed E-state index contributed by atoms with van der Waals surface area (Å²) in [4.78, 5) is 0. The number of nitrogens with zero attached hydrogens (tertiary/aromatic N) is 3. The summed E-state index contributed by atoms with van der Waals surface area (Å²) in [6, 6.07) is 10.0. The van der Waals surface area contributed by atoms with Gasteiger partial charge in [0.2, 0.25) is 0 Å². The Balaban J connectivity index is 1.71. The van der Waals surface area contributed by atoms with E-state index in [2.05, 4.69) is 10.2 Å². The number of hydrogen-bond donors (Lipinski definition) is 0. The third-order valence-electron chi connectivity index (χ3n) is 3.99. The average Bonchev–Trinajstić information content (AvgIpc) is 2.98. The summed E-state index contributed by atoms with van der Waals surface area (Å²) in [5.74, 6) is 1.50. The summed E-state index contributed by atoms with van der Waals surface area (Å²) in [7, 11) is 1.88. The summed E-state index contributed by atoms with van der Waals surface area (Å²) in [5.41, 5.74) is 1.90. The number of thioether (sulfide) groups is 1. The number of rotatable bonds is 6. The molecule has 0 radical (unpaired) electrons. The van der Waals surface area contributed by atoms with Crippen molar-refractivity contribution in [2.75, 3.05) is 0 Å². The predicted molar refractivity (Wildman–Crippen MR) is 107 cm³/mol. The van der Waals surface area contributed by atoms with Crippen LogP contribution in [0.4, 0.5) is 4.39 Å². The van der Waals surface area contributed by atoms with Crippen molar-refractivity contribution in [3.8, 4) is 5.75 Å². The fourth-order valence-corrected chi connectivity index (χ4v) is 3.93. The van der Waals surface area contributed by atoms with Crippen molar-refractivity contribution in [1.29, 1.82) is 0 Å². The zero-order valence-corrected chi connectivity index (χ0v) is 17.4. The van der Waals surface area contributed by atoms with E-state index in [1.54, 1.807) is 6.07 Å². The molecule has 3 aromatic rings. The molecule has 2 aromatic carbocycles. The number of aryl methyl sites for hydroxylation is 1. The van der Waals surface area contributed by atoms with E-state index in [1.807, 2.05) is 43.7 Å². The average molecular weight is 426 g/mol. The van der Waals surface area contributed by atoms with Gasteiger partial charge in [0.25, 0.3) is 0 Å². The monoisotopic (exact) mass is 425 g/mol. The molecule has 0 aliphatic rings. The van der Waals surface area contributed by atoms with Gasteiger partial charge in [-0.2, -0.15) is 0 Å². The lowest BCUT2D eigenvalue weighted by Gasteiger charge is -2.15. The Bertz CT molecular complexity index is 964. The van der Waals surface area contributed by atoms with Crippen LogP contribution in [0.15, 0.2) is 41.6 Å². The Morgan fingerprint density at radius 3 is 2.67 bits per heavy atom. The first kappa shape index (κ1) is 20.0. The van der Waals surface area contributed by atoms with Crippen molar-refractivity contribution >= 4 is 35.0 Å². The molecule has 1 atom stereocenters. The standard InChI is InChI=1S/C19H18Cl2FN3OS/c1-11-4-7-15(20)17(8-11)26-12(2)18-23-24-19(25(18)3)27-10-13-5-6-14(22)9-16(13)21/h4-9,12H,10H2,1-3H3. The highest BCUT2D eigenvalue weighted by atomic mass is 35.5. The molecule has 1 heterocycles. The highest BCUT2D eigenvalue weighted by molar-refractivity contribution is 7.98. The quantitative estimate of drug-likeness (QED) is 0.453. The Hall–Kier alpha value is -1.76. The van der Waals surface area contributed by atoms with E-state index >= 15 is 0 Å². The molecule has 142 valence electrons. The SMILES string of the molecule is Cc1ccc(Cl)c(OC(C)c2nnc(SCc3ccc(F)cc3Cl)n2C)c1. The maximum atomic E-state index is 13.2. The summed E-state index contributed by atoms with van der Waals surface area (Å²) >= 11 is 13.8. The Kier molecular flexibility index (Phi) is 6.29. The van der Waals surface area contributed by atoms with E-state index < -0.39 is 0 Å². The van der Waals surface area contributed by atoms with Gasteiger partial charge in [-0.05, 0) is 49.2 Å². The Morgan fingerprint density at radius 2 is 1.93 bits per heavy atom. The van der Waals surface area contributed by atoms with Crippen LogP contribution in [0.2, 0.25) is 10.0 Å². The van der Waals surface area contributed by atoms with Gasteiger partial charge in [0, 0.05) is 17.8 Å². The van der Waals surface area contributed by atoms with E-state index in [4.69, 9.17) is 27.9 Å². The number of aromatic nitrogens is 3. The van der Waals surface area contributed by atoms with Crippen molar-refractivity contribution < 1.29 is 9.13 Å². The number of benzene rings is 2. The Morgan fingerprint density at radius 1 is 1.15 bits per heavy atom. The topological polar surface area (TPSA) is 39.9 Å². The van der Waals surface area contributed by atoms with Crippen LogP contribution < -0.4 is 4.74 Å². The molecule has 4 nitrogen and oxygen atoms in total. The van der Waals surface area contributed by atoms with Gasteiger partial charge in [0.05, 0.1) is 5.02 Å². The van der Waals surface area contributed by atoms with Crippen LogP contribution in [0, 0.1) is 12.7 Å². The zero-order valence-electron chi connectivity index (χ0n) is 15.0. The molecule has 0 bridgehead atoms. The van der Waals surface area contributed by atoms with E-state index in [9.17, 15) is 4.39 Å². The van der Waals surface area contributed by atoms with Gasteiger partial charge < -0.3 is 9.30 Å². The maximum Gasteiger partial charge on any atom is 0.191 e. The second kappa shape index (κ2) is 8.50. The van der Waals surface area contributed by atoms with E-state index in [1.165, 1.54) is 23.9 Å². The van der Waals surface area contributed by atoms with Crippen molar-refractivity contribution in [2.24, 2.45) is 7.05 Å². The van der Waals surface area contributed by atoms with Crippen molar-refractivity contribution in [3.63, 3.8) is 0 Å². The lowest BCUT2D eigenvalue weighted by atomic mass is 10.2. The highest BCUT2D eigenvalue weighted by Crippen LogP contribution is 2.31. The van der Waals surface area contributed by atoms with Gasteiger partial charge in [0.1, 0.15) is 11.6 Å². The van der Waals surface area contributed by atoms with Gasteiger partial charge in [-0.15, -0.1) is 10.2 Å². The van der Waals surface area contributed by atoms with Crippen molar-refractivity contribution in [2.45, 2.75) is 30.9 Å². The number of halogens is 3. The van der Waals surface area contributed by atoms with Gasteiger partial charge in [-0.3, -0.25) is 0 Å². The summed E-state index contributed by atoms with van der Waals surface area (Å²) in [5, 5.41) is 10.1. The minimum Gasteiger partial charge on any atom is -0.481 e. The van der Waals surface area contributed by atoms with Crippen LogP contribution >= 0.6 is 35.0 Å². The van der Waals surface area contributed by atoms with Gasteiger partial charge >= 0.3 is 0 Å². The first-order chi connectivity index (χ1) is 12.8. The van der Waals surface area contributed by atoms with Gasteiger partial charge in [-0.25, -0.2) is 4.39 Å². The molecule has 0 aliphatic carbocycles. The molecule has 0 spiro atoms. The second-order valence-corrected chi connectivity index (χ2v) is 7.88. The van der Waals surface area contributed by atoms with Crippen LogP contribution in [-0.2, 0) is 12.8 Å². The molecular weight excluding hydrogens is 408 g/mol. The molecule has 0 amide bonds. The van der Waals surface area contributed by atoms with E-state index in [-0.39, 0.29) is 11.9 Å². The molecule has 27 heavy (non-hydrogen) atoms. The molecule has 0 fully saturated rings. The third kappa shape index (κ3) is 4.75. The minimum atomic E-state index is -0.351. The second-order valence-electron chi connectivity index (χ2n) is 6.12. The maximum absolute atomic E-state index is 13.2. The van der Waals surface area contributed by atoms with Crippen LogP contribution in [0.5, 0.6) is 5.75 Å². The zero-order chi connectivity index (χ0) is 19.6. The predicted octanol–water partition coefficient (Wildman–Crippen LogP) is 6.00. The van der Waals surface area contributed by atoms with Crippen LogP contribution in [0.25, 0.3) is 0 Å². The molecule has 8 heteroatoms. The van der Waals surface area contributed by atoms with Crippen LogP contribution in [0.3, 0.4) is 0 Å². The first-order valence-corrected chi connectivity index (χ1v) is 9.98. The molecule has 0 saturated carbocycles. The molecule has 1 unspecified atom stereocenters.